The first-order chi connectivity index (χ1) is 27.5. The minimum Gasteiger partial charge on any atom is -0.481 e. The molecule has 0 spiro atoms. The molecule has 22 heteroatoms. The molecule has 1 saturated heterocycles. The number of carbonyl (C=O) groups is 9. The van der Waals surface area contributed by atoms with Crippen LogP contribution in [0.3, 0.4) is 0 Å². The van der Waals surface area contributed by atoms with Gasteiger partial charge in [-0.25, -0.2) is 0 Å². The second kappa shape index (κ2) is 30.2. The molecule has 0 aromatic heterocycles. The summed E-state index contributed by atoms with van der Waals surface area (Å²) in [5.41, 5.74) is 0. The van der Waals surface area contributed by atoms with E-state index in [4.69, 9.17) is 5.11 Å². The second-order valence-corrected chi connectivity index (χ2v) is 14.0. The van der Waals surface area contributed by atoms with Crippen LogP contribution in [0.2, 0.25) is 0 Å². The van der Waals surface area contributed by atoms with E-state index < -0.39 is 41.8 Å². The summed E-state index contributed by atoms with van der Waals surface area (Å²) in [6, 6.07) is -1.16. The number of rotatable bonds is 28. The van der Waals surface area contributed by atoms with Crippen LogP contribution >= 0.6 is 0 Å². The van der Waals surface area contributed by atoms with Gasteiger partial charge < -0.3 is 46.8 Å². The van der Waals surface area contributed by atoms with E-state index in [1.165, 1.54) is 0 Å². The summed E-state index contributed by atoms with van der Waals surface area (Å²) in [5.74, 6) is -6.71. The maximum atomic E-state index is 12.6. The lowest BCUT2D eigenvalue weighted by Gasteiger charge is -2.35. The molecule has 1 heterocycles. The summed E-state index contributed by atoms with van der Waals surface area (Å²) < 4.78 is 0. The van der Waals surface area contributed by atoms with Crippen molar-refractivity contribution < 1.29 is 68.7 Å². The Hall–Kier alpha value is -4.93. The molecule has 0 aromatic carbocycles. The Kier molecular flexibility index (Phi) is 26.6. The van der Waals surface area contributed by atoms with Crippen molar-refractivity contribution in [1.29, 1.82) is 0 Å². The van der Waals surface area contributed by atoms with E-state index in [0.29, 0.717) is 45.3 Å². The minimum atomic E-state index is -1.22. The zero-order valence-corrected chi connectivity index (χ0v) is 33.2. The zero-order valence-electron chi connectivity index (χ0n) is 33.2. The smallest absolute Gasteiger partial charge is 0.320 e. The lowest BCUT2D eigenvalue weighted by molar-refractivity contribution is -0.145. The average Bonchev–Trinajstić information content (AvgIpc) is 3.13. The van der Waals surface area contributed by atoms with Crippen LogP contribution in [0, 0.1) is 0 Å². The van der Waals surface area contributed by atoms with E-state index >= 15 is 0 Å². The molecule has 58 heavy (non-hydrogen) atoms. The number of amides is 4. The molecule has 4 amide bonds. The standard InChI is InChI=1S/C36H62N8O14/c45-28(40-15-11-31(48)39-13-4-1-3-12-37-29(46)9-10-30(47)38-14-5-2-6-32(49)50)8-7-27(36(57)58)44-22-20-42(25-34(53)54)18-16-41(24-33(51)52)17-19-43(21-23-44)26-35(55)56/h27H,1-26H2,(H,37,46)(H,38,47)(H,39,48)(H,40,45)(H,49,50)(H,51,52)(H,53,54)(H,55,56)(H,57,58). The van der Waals surface area contributed by atoms with Crippen LogP contribution in [0.15, 0.2) is 0 Å². The number of carboxylic acids is 5. The van der Waals surface area contributed by atoms with Crippen molar-refractivity contribution in [1.82, 2.24) is 40.9 Å². The van der Waals surface area contributed by atoms with Gasteiger partial charge in [-0.3, -0.25) is 62.8 Å². The van der Waals surface area contributed by atoms with Crippen molar-refractivity contribution in [2.45, 2.75) is 76.7 Å². The highest BCUT2D eigenvalue weighted by Crippen LogP contribution is 2.11. The van der Waals surface area contributed by atoms with Gasteiger partial charge in [0.2, 0.25) is 23.6 Å². The maximum Gasteiger partial charge on any atom is 0.320 e. The number of nitrogens with zero attached hydrogens (tertiary/aromatic N) is 4. The van der Waals surface area contributed by atoms with Crippen LogP contribution in [-0.4, -0.2) is 203 Å². The van der Waals surface area contributed by atoms with Crippen LogP contribution in [0.4, 0.5) is 0 Å². The summed E-state index contributed by atoms with van der Waals surface area (Å²) in [7, 11) is 0. The Balaban J connectivity index is 2.47. The molecular formula is C36H62N8O14. The molecule has 1 unspecified atom stereocenters. The first-order valence-corrected chi connectivity index (χ1v) is 19.6. The number of carboxylic acid groups (broad SMARTS) is 5. The molecule has 1 rings (SSSR count). The Morgan fingerprint density at radius 2 is 0.759 bits per heavy atom. The van der Waals surface area contributed by atoms with Crippen LogP contribution in [0.25, 0.3) is 0 Å². The predicted octanol–water partition coefficient (Wildman–Crippen LogP) is -2.24. The van der Waals surface area contributed by atoms with Gasteiger partial charge in [0.05, 0.1) is 19.6 Å². The molecule has 9 N–H and O–H groups in total. The lowest BCUT2D eigenvalue weighted by atomic mass is 10.1. The molecular weight excluding hydrogens is 768 g/mol. The SMILES string of the molecule is O=C(O)CCCCNC(=O)CCC(=O)NCCCCCNC(=O)CCNC(=O)CCC(C(=O)O)N1CCN(CC(=O)O)CCN(CC(=O)O)CCN(CC(=O)O)CC1. The Labute approximate surface area is 337 Å². The van der Waals surface area contributed by atoms with Crippen LogP contribution in [0.1, 0.15) is 70.6 Å². The largest absolute Gasteiger partial charge is 0.481 e. The van der Waals surface area contributed by atoms with E-state index in [9.17, 15) is 63.6 Å². The fraction of sp³-hybridized carbons (Fsp3) is 0.750. The van der Waals surface area contributed by atoms with Crippen molar-refractivity contribution in [3.63, 3.8) is 0 Å². The summed E-state index contributed by atoms with van der Waals surface area (Å²) in [5, 5.41) is 57.7. The number of hydrogen-bond donors (Lipinski definition) is 9. The zero-order chi connectivity index (χ0) is 43.3. The Bertz CT molecular complexity index is 1320. The molecule has 22 nitrogen and oxygen atoms in total. The quantitative estimate of drug-likeness (QED) is 0.0376. The summed E-state index contributed by atoms with van der Waals surface area (Å²) >= 11 is 0. The van der Waals surface area contributed by atoms with Crippen LogP contribution < -0.4 is 21.3 Å². The first kappa shape index (κ1) is 51.1. The lowest BCUT2D eigenvalue weighted by Crippen LogP contribution is -2.52. The molecule has 1 atom stereocenters. The van der Waals surface area contributed by atoms with Gasteiger partial charge in [0.15, 0.2) is 0 Å². The highest BCUT2D eigenvalue weighted by molar-refractivity contribution is 5.83. The Morgan fingerprint density at radius 1 is 0.397 bits per heavy atom. The number of aliphatic carboxylic acids is 5. The second-order valence-electron chi connectivity index (χ2n) is 14.0. The summed E-state index contributed by atoms with van der Waals surface area (Å²) in [6.07, 6.45) is 2.85. The third-order valence-corrected chi connectivity index (χ3v) is 9.21. The van der Waals surface area contributed by atoms with E-state index in [2.05, 4.69) is 21.3 Å². The normalized spacial score (nSPS) is 15.5. The molecule has 0 bridgehead atoms. The average molecular weight is 831 g/mol. The Morgan fingerprint density at radius 3 is 1.16 bits per heavy atom. The van der Waals surface area contributed by atoms with E-state index in [1.54, 1.807) is 19.6 Å². The van der Waals surface area contributed by atoms with Gasteiger partial charge in [-0.2, -0.15) is 0 Å². The highest BCUT2D eigenvalue weighted by Gasteiger charge is 2.28. The van der Waals surface area contributed by atoms with Gasteiger partial charge in [-0.1, -0.05) is 0 Å². The topological polar surface area (TPSA) is 316 Å². The van der Waals surface area contributed by atoms with Gasteiger partial charge in [0.25, 0.3) is 0 Å². The third kappa shape index (κ3) is 26.8. The molecule has 0 aromatic rings. The van der Waals surface area contributed by atoms with Gasteiger partial charge >= 0.3 is 29.8 Å². The van der Waals surface area contributed by atoms with Crippen molar-refractivity contribution >= 4 is 53.5 Å². The third-order valence-electron chi connectivity index (χ3n) is 9.21. The number of carbonyl (C=O) groups excluding carboxylic acids is 4. The molecule has 1 aliphatic rings. The predicted molar refractivity (Wildman–Crippen MR) is 206 cm³/mol. The summed E-state index contributed by atoms with van der Waals surface area (Å²) in [4.78, 5) is 112. The van der Waals surface area contributed by atoms with Gasteiger partial charge in [-0.05, 0) is 38.5 Å². The number of nitrogens with one attached hydrogen (secondary N) is 4. The van der Waals surface area contributed by atoms with Crippen LogP contribution in [0.5, 0.6) is 0 Å². The fourth-order valence-electron chi connectivity index (χ4n) is 6.05. The van der Waals surface area contributed by atoms with Gasteiger partial charge in [-0.15, -0.1) is 0 Å². The summed E-state index contributed by atoms with van der Waals surface area (Å²) in [6.45, 7) is 1.28. The molecule has 330 valence electrons. The molecule has 0 radical (unpaired) electrons. The molecule has 1 fully saturated rings. The van der Waals surface area contributed by atoms with Crippen LogP contribution in [-0.2, 0) is 43.2 Å². The minimum absolute atomic E-state index is 0.00505. The van der Waals surface area contributed by atoms with E-state index in [0.717, 1.165) is 6.42 Å². The van der Waals surface area contributed by atoms with Crippen molar-refractivity contribution in [3.05, 3.63) is 0 Å². The van der Waals surface area contributed by atoms with Gasteiger partial charge in [0.1, 0.15) is 6.04 Å². The van der Waals surface area contributed by atoms with E-state index in [-0.39, 0.29) is 135 Å². The number of hydrogen-bond acceptors (Lipinski definition) is 13. The molecule has 1 aliphatic heterocycles. The molecule has 0 aliphatic carbocycles. The van der Waals surface area contributed by atoms with Gasteiger partial charge in [0, 0.05) is 111 Å². The highest BCUT2D eigenvalue weighted by atomic mass is 16.4. The fourth-order valence-corrected chi connectivity index (χ4v) is 6.05. The van der Waals surface area contributed by atoms with Crippen molar-refractivity contribution in [2.75, 3.05) is 98.2 Å². The monoisotopic (exact) mass is 830 g/mol. The van der Waals surface area contributed by atoms with Crippen molar-refractivity contribution in [2.24, 2.45) is 0 Å². The molecule has 0 saturated carbocycles. The maximum absolute atomic E-state index is 12.6. The number of unbranched alkanes of at least 4 members (excludes halogenated alkanes) is 3. The van der Waals surface area contributed by atoms with Crippen molar-refractivity contribution in [3.8, 4) is 0 Å². The van der Waals surface area contributed by atoms with E-state index in [1.807, 2.05) is 0 Å². The first-order valence-electron chi connectivity index (χ1n) is 19.6.